The maximum atomic E-state index is 13.2. The minimum atomic E-state index is -0.0544. The normalized spacial score (nSPS) is 11.8. The summed E-state index contributed by atoms with van der Waals surface area (Å²) in [7, 11) is 4.21. The number of hydrogen-bond donors (Lipinski definition) is 2. The quantitative estimate of drug-likeness (QED) is 0.414. The fourth-order valence-corrected chi connectivity index (χ4v) is 3.84. The molecular weight excluding hydrogens is 464 g/mol. The molecule has 3 aromatic rings. The maximum absolute atomic E-state index is 13.2. The smallest absolute Gasteiger partial charge is 0.254 e. The molecule has 2 aromatic carbocycles. The average molecular weight is 497 g/mol. The molecule has 0 fully saturated rings. The highest BCUT2D eigenvalue weighted by atomic mass is 79.9. The second kappa shape index (κ2) is 11.5. The number of likely N-dealkylation sites (N-methyl/N-ethyl adjacent to an activating group) is 2. The SMILES string of the molecule is CCN(C)CCN(C)CCNC(=O)c1c(/C=C/c2ccc(C)cc2)[nH]c2cc(Br)ccc12. The molecular formula is C26H33BrN4O. The molecule has 0 bridgehead atoms. The number of H-pyrrole nitrogens is 1. The van der Waals surface area contributed by atoms with Gasteiger partial charge in [0.1, 0.15) is 0 Å². The van der Waals surface area contributed by atoms with Crippen LogP contribution in [0.1, 0.15) is 34.1 Å². The topological polar surface area (TPSA) is 51.4 Å². The number of aryl methyl sites for hydroxylation is 1. The summed E-state index contributed by atoms with van der Waals surface area (Å²) < 4.78 is 0.978. The summed E-state index contributed by atoms with van der Waals surface area (Å²) in [6.45, 7) is 8.69. The Morgan fingerprint density at radius 2 is 1.75 bits per heavy atom. The molecule has 1 amide bonds. The Morgan fingerprint density at radius 1 is 1.03 bits per heavy atom. The molecule has 5 nitrogen and oxygen atoms in total. The number of nitrogens with one attached hydrogen (secondary N) is 2. The molecule has 170 valence electrons. The molecule has 1 aromatic heterocycles. The van der Waals surface area contributed by atoms with Gasteiger partial charge in [0.05, 0.1) is 11.3 Å². The fourth-order valence-electron chi connectivity index (χ4n) is 3.48. The Labute approximate surface area is 199 Å². The van der Waals surface area contributed by atoms with E-state index >= 15 is 0 Å². The third-order valence-corrected chi connectivity index (χ3v) is 6.21. The van der Waals surface area contributed by atoms with E-state index in [1.807, 2.05) is 30.4 Å². The van der Waals surface area contributed by atoms with Crippen molar-refractivity contribution in [3.63, 3.8) is 0 Å². The lowest BCUT2D eigenvalue weighted by Crippen LogP contribution is -2.36. The highest BCUT2D eigenvalue weighted by molar-refractivity contribution is 9.10. The molecule has 3 rings (SSSR count). The van der Waals surface area contributed by atoms with Gasteiger partial charge in [-0.1, -0.05) is 64.8 Å². The third kappa shape index (κ3) is 6.55. The second-order valence-corrected chi connectivity index (χ2v) is 9.22. The lowest BCUT2D eigenvalue weighted by molar-refractivity contribution is 0.0951. The first-order chi connectivity index (χ1) is 15.4. The molecule has 32 heavy (non-hydrogen) atoms. The van der Waals surface area contributed by atoms with Gasteiger partial charge in [-0.3, -0.25) is 4.79 Å². The summed E-state index contributed by atoms with van der Waals surface area (Å²) in [5, 5.41) is 4.03. The van der Waals surface area contributed by atoms with Gasteiger partial charge in [-0.15, -0.1) is 0 Å². The van der Waals surface area contributed by atoms with Gasteiger partial charge in [0.2, 0.25) is 0 Å². The van der Waals surface area contributed by atoms with Crippen LogP contribution < -0.4 is 5.32 Å². The molecule has 0 saturated heterocycles. The van der Waals surface area contributed by atoms with Crippen LogP contribution in [0.5, 0.6) is 0 Å². The minimum absolute atomic E-state index is 0.0544. The Balaban J connectivity index is 1.74. The van der Waals surface area contributed by atoms with E-state index < -0.39 is 0 Å². The zero-order chi connectivity index (χ0) is 23.1. The van der Waals surface area contributed by atoms with Crippen LogP contribution in [0.2, 0.25) is 0 Å². The van der Waals surface area contributed by atoms with Crippen LogP contribution in [0.3, 0.4) is 0 Å². The Hall–Kier alpha value is -2.41. The van der Waals surface area contributed by atoms with Crippen molar-refractivity contribution < 1.29 is 4.79 Å². The first-order valence-corrected chi connectivity index (χ1v) is 11.9. The van der Waals surface area contributed by atoms with Crippen molar-refractivity contribution >= 4 is 44.9 Å². The van der Waals surface area contributed by atoms with E-state index in [1.54, 1.807) is 0 Å². The summed E-state index contributed by atoms with van der Waals surface area (Å²) in [5.41, 5.74) is 4.76. The summed E-state index contributed by atoms with van der Waals surface area (Å²) in [4.78, 5) is 21.1. The van der Waals surface area contributed by atoms with Crippen molar-refractivity contribution in [2.45, 2.75) is 13.8 Å². The fraction of sp³-hybridized carbons (Fsp3) is 0.346. The summed E-state index contributed by atoms with van der Waals surface area (Å²) >= 11 is 3.53. The van der Waals surface area contributed by atoms with E-state index in [0.29, 0.717) is 12.1 Å². The Bertz CT molecular complexity index is 1070. The first-order valence-electron chi connectivity index (χ1n) is 11.1. The zero-order valence-electron chi connectivity index (χ0n) is 19.4. The molecule has 0 saturated carbocycles. The van der Waals surface area contributed by atoms with Gasteiger partial charge in [0.15, 0.2) is 0 Å². The second-order valence-electron chi connectivity index (χ2n) is 8.30. The minimum Gasteiger partial charge on any atom is -0.354 e. The molecule has 0 atom stereocenters. The van der Waals surface area contributed by atoms with Gasteiger partial charge >= 0.3 is 0 Å². The summed E-state index contributed by atoms with van der Waals surface area (Å²) in [6, 6.07) is 14.3. The highest BCUT2D eigenvalue weighted by Crippen LogP contribution is 2.27. The van der Waals surface area contributed by atoms with Crippen LogP contribution in [0, 0.1) is 6.92 Å². The van der Waals surface area contributed by atoms with Crippen LogP contribution in [0.25, 0.3) is 23.1 Å². The van der Waals surface area contributed by atoms with Crippen molar-refractivity contribution in [1.29, 1.82) is 0 Å². The predicted molar refractivity (Wildman–Crippen MR) is 139 cm³/mol. The molecule has 2 N–H and O–H groups in total. The van der Waals surface area contributed by atoms with Gasteiger partial charge in [-0.05, 0) is 51.3 Å². The number of fused-ring (bicyclic) bond motifs is 1. The number of carbonyl (C=O) groups excluding carboxylic acids is 1. The van der Waals surface area contributed by atoms with Crippen molar-refractivity contribution in [3.8, 4) is 0 Å². The molecule has 0 unspecified atom stereocenters. The van der Waals surface area contributed by atoms with Crippen molar-refractivity contribution in [1.82, 2.24) is 20.1 Å². The number of halogens is 1. The Morgan fingerprint density at radius 3 is 2.47 bits per heavy atom. The van der Waals surface area contributed by atoms with Crippen LogP contribution in [-0.2, 0) is 0 Å². The van der Waals surface area contributed by atoms with Gasteiger partial charge < -0.3 is 20.1 Å². The number of rotatable bonds is 10. The largest absolute Gasteiger partial charge is 0.354 e. The number of aromatic nitrogens is 1. The van der Waals surface area contributed by atoms with Crippen molar-refractivity contribution in [3.05, 3.63) is 69.3 Å². The molecule has 0 aliphatic heterocycles. The van der Waals surface area contributed by atoms with Gasteiger partial charge in [-0.2, -0.15) is 0 Å². The van der Waals surface area contributed by atoms with E-state index in [0.717, 1.165) is 52.8 Å². The van der Waals surface area contributed by atoms with Crippen molar-refractivity contribution in [2.24, 2.45) is 0 Å². The number of amides is 1. The van der Waals surface area contributed by atoms with Gasteiger partial charge in [0, 0.05) is 41.6 Å². The van der Waals surface area contributed by atoms with Crippen LogP contribution in [-0.4, -0.2) is 67.5 Å². The highest BCUT2D eigenvalue weighted by Gasteiger charge is 2.17. The number of benzene rings is 2. The first kappa shape index (κ1) is 24.2. The maximum Gasteiger partial charge on any atom is 0.254 e. The summed E-state index contributed by atoms with van der Waals surface area (Å²) in [6.07, 6.45) is 4.02. The molecule has 0 aliphatic carbocycles. The lowest BCUT2D eigenvalue weighted by Gasteiger charge is -2.21. The van der Waals surface area contributed by atoms with E-state index in [1.165, 1.54) is 5.56 Å². The number of hydrogen-bond acceptors (Lipinski definition) is 3. The predicted octanol–water partition coefficient (Wildman–Crippen LogP) is 5.02. The van der Waals surface area contributed by atoms with Crippen LogP contribution in [0.15, 0.2) is 46.9 Å². The summed E-state index contributed by atoms with van der Waals surface area (Å²) in [5.74, 6) is -0.0544. The molecule has 0 radical (unpaired) electrons. The van der Waals surface area contributed by atoms with Crippen LogP contribution in [0.4, 0.5) is 0 Å². The van der Waals surface area contributed by atoms with Gasteiger partial charge in [0.25, 0.3) is 5.91 Å². The van der Waals surface area contributed by atoms with Gasteiger partial charge in [-0.25, -0.2) is 0 Å². The average Bonchev–Trinajstić information content (AvgIpc) is 3.14. The Kier molecular flexibility index (Phi) is 8.67. The number of aromatic amines is 1. The van der Waals surface area contributed by atoms with E-state index in [4.69, 9.17) is 0 Å². The van der Waals surface area contributed by atoms with Crippen molar-refractivity contribution in [2.75, 3.05) is 46.8 Å². The van der Waals surface area contributed by atoms with E-state index in [-0.39, 0.29) is 5.91 Å². The van der Waals surface area contributed by atoms with E-state index in [9.17, 15) is 4.79 Å². The number of nitrogens with zero attached hydrogens (tertiary/aromatic N) is 2. The third-order valence-electron chi connectivity index (χ3n) is 5.72. The molecule has 1 heterocycles. The molecule has 0 spiro atoms. The molecule has 0 aliphatic rings. The standard InChI is InChI=1S/C26H33BrN4O/c1-5-30(3)16-17-31(4)15-14-28-26(32)25-22-12-11-21(27)18-24(22)29-23(25)13-10-20-8-6-19(2)7-9-20/h6-13,18,29H,5,14-17H2,1-4H3,(H,28,32)/b13-10+. The zero-order valence-corrected chi connectivity index (χ0v) is 21.0. The molecule has 6 heteroatoms. The van der Waals surface area contributed by atoms with E-state index in [2.05, 4.69) is 88.2 Å². The lowest BCUT2D eigenvalue weighted by atomic mass is 10.1. The number of carbonyl (C=O) groups is 1. The van der Waals surface area contributed by atoms with Crippen LogP contribution >= 0.6 is 15.9 Å². The monoisotopic (exact) mass is 496 g/mol.